The van der Waals surface area contributed by atoms with E-state index in [-0.39, 0.29) is 0 Å². The molecule has 0 bridgehead atoms. The Morgan fingerprint density at radius 2 is 0.938 bits per heavy atom. The van der Waals surface area contributed by atoms with Gasteiger partial charge in [-0.25, -0.2) is 23.8 Å². The minimum Gasteiger partial charge on any atom is -0.453 e. The lowest BCUT2D eigenvalue weighted by Gasteiger charge is -2.31. The smallest absolute Gasteiger partial charge is 0.453 e. The third-order valence-corrected chi connectivity index (χ3v) is 2.57. The van der Waals surface area contributed by atoms with Crippen molar-refractivity contribution in [3.05, 3.63) is 24.3 Å². The predicted octanol–water partition coefficient (Wildman–Crippen LogP) is 4.20. The maximum atomic E-state index is 13.3. The van der Waals surface area contributed by atoms with Gasteiger partial charge in [0, 0.05) is 11.1 Å². The maximum absolute atomic E-state index is 13.3. The van der Waals surface area contributed by atoms with Crippen molar-refractivity contribution in [3.63, 3.8) is 0 Å². The van der Waals surface area contributed by atoms with Crippen molar-refractivity contribution in [1.29, 1.82) is 0 Å². The van der Waals surface area contributed by atoms with Gasteiger partial charge in [-0.05, 0) is 13.8 Å². The lowest BCUT2D eigenvalue weighted by molar-refractivity contribution is -0.566. The molecule has 0 aliphatic carbocycles. The summed E-state index contributed by atoms with van der Waals surface area (Å²) in [7, 11) is 0. The highest BCUT2D eigenvalue weighted by atomic mass is 19.3. The van der Waals surface area contributed by atoms with E-state index in [1.165, 1.54) is 0 Å². The molecular weight excluding hydrogens is 482 g/mol. The topological polar surface area (TPSA) is 80.3 Å². The van der Waals surface area contributed by atoms with Crippen molar-refractivity contribution < 1.29 is 77.2 Å². The maximum Gasteiger partial charge on any atom is 0.495 e. The Morgan fingerprint density at radius 1 is 0.625 bits per heavy atom. The molecule has 0 aromatic heterocycles. The molecule has 0 spiro atoms. The van der Waals surface area contributed by atoms with Gasteiger partial charge in [-0.2, -0.15) is 35.1 Å². The summed E-state index contributed by atoms with van der Waals surface area (Å²) in [4.78, 5) is 21.8. The highest BCUT2D eigenvalue weighted by Gasteiger charge is 2.69. The first kappa shape index (κ1) is 29.6. The van der Waals surface area contributed by atoms with Crippen molar-refractivity contribution in [1.82, 2.24) is 0 Å². The SMILES string of the molecule is C=C(C)C(=O)OCC(F)(F)OC(F)(F)OC(F)(F)C(F)(F)OC(F)(F)COC(=O)C(=C)C. The van der Waals surface area contributed by atoms with E-state index < -0.39 is 67.0 Å². The number of carbonyl (C=O) groups excluding carboxylic acids is 2. The number of hydrogen-bond donors (Lipinski definition) is 0. The minimum atomic E-state index is -6.71. The standard InChI is InChI=1S/C15H14F10O7/c1-7(2)9(26)28-5-11(16,17)30-13(20,21)14(22,23)32-15(24,25)31-12(18,19)6-29-10(27)8(3)4/h1,3,5-6H2,2,4H3. The first-order chi connectivity index (χ1) is 14.0. The van der Waals surface area contributed by atoms with E-state index in [0.29, 0.717) is 0 Å². The van der Waals surface area contributed by atoms with Crippen LogP contribution in [-0.2, 0) is 33.3 Å². The van der Waals surface area contributed by atoms with E-state index in [0.717, 1.165) is 13.8 Å². The van der Waals surface area contributed by atoms with Crippen LogP contribution in [0.2, 0.25) is 0 Å². The summed E-state index contributed by atoms with van der Waals surface area (Å²) < 4.78 is 147. The fourth-order valence-corrected chi connectivity index (χ4v) is 1.25. The monoisotopic (exact) mass is 496 g/mol. The van der Waals surface area contributed by atoms with E-state index in [9.17, 15) is 53.5 Å². The van der Waals surface area contributed by atoms with Crippen LogP contribution in [0.25, 0.3) is 0 Å². The first-order valence-corrected chi connectivity index (χ1v) is 7.67. The van der Waals surface area contributed by atoms with Crippen molar-refractivity contribution >= 4 is 11.9 Å². The zero-order valence-electron chi connectivity index (χ0n) is 16.0. The molecule has 0 unspecified atom stereocenters. The van der Waals surface area contributed by atoms with Gasteiger partial charge in [-0.15, -0.1) is 8.78 Å². The fourth-order valence-electron chi connectivity index (χ4n) is 1.25. The van der Waals surface area contributed by atoms with Crippen LogP contribution in [0.4, 0.5) is 43.9 Å². The molecule has 0 rings (SSSR count). The second kappa shape index (κ2) is 10.0. The Kier molecular flexibility index (Phi) is 9.28. The Morgan fingerprint density at radius 3 is 1.28 bits per heavy atom. The molecule has 0 aliphatic rings. The molecule has 0 aromatic rings. The molecule has 0 fully saturated rings. The van der Waals surface area contributed by atoms with Gasteiger partial charge in [0.2, 0.25) is 0 Å². The van der Waals surface area contributed by atoms with Crippen LogP contribution in [-0.4, -0.2) is 55.9 Å². The number of halogens is 10. The van der Waals surface area contributed by atoms with E-state index in [1.54, 1.807) is 0 Å². The van der Waals surface area contributed by atoms with Crippen molar-refractivity contribution in [2.45, 2.75) is 44.6 Å². The first-order valence-electron chi connectivity index (χ1n) is 7.67. The summed E-state index contributed by atoms with van der Waals surface area (Å²) in [5, 5.41) is 0. The fraction of sp³-hybridized carbons (Fsp3) is 0.600. The largest absolute Gasteiger partial charge is 0.495 e. The second-order valence-corrected chi connectivity index (χ2v) is 5.79. The Hall–Kier alpha value is -2.40. The molecule has 0 amide bonds. The molecule has 0 atom stereocenters. The molecule has 0 heterocycles. The molecule has 17 heteroatoms. The van der Waals surface area contributed by atoms with Gasteiger partial charge in [0.15, 0.2) is 13.2 Å². The summed E-state index contributed by atoms with van der Waals surface area (Å²) in [6.07, 6.45) is -30.2. The number of esters is 2. The average molecular weight is 496 g/mol. The number of rotatable bonds is 13. The molecule has 0 N–H and O–H groups in total. The Bertz CT molecular complexity index is 736. The van der Waals surface area contributed by atoms with Gasteiger partial charge in [-0.1, -0.05) is 13.2 Å². The zero-order valence-corrected chi connectivity index (χ0v) is 16.0. The number of carbonyl (C=O) groups is 2. The van der Waals surface area contributed by atoms with E-state index >= 15 is 0 Å². The van der Waals surface area contributed by atoms with Crippen LogP contribution in [0.15, 0.2) is 24.3 Å². The van der Waals surface area contributed by atoms with Crippen LogP contribution >= 0.6 is 0 Å². The minimum absolute atomic E-state index is 0.484. The molecule has 7 nitrogen and oxygen atoms in total. The van der Waals surface area contributed by atoms with E-state index in [1.807, 2.05) is 0 Å². The molecule has 32 heavy (non-hydrogen) atoms. The molecule has 186 valence electrons. The normalized spacial score (nSPS) is 13.5. The number of alkyl halides is 10. The predicted molar refractivity (Wildman–Crippen MR) is 79.5 cm³/mol. The average Bonchev–Trinajstić information content (AvgIpc) is 2.54. The number of hydrogen-bond acceptors (Lipinski definition) is 7. The van der Waals surface area contributed by atoms with Crippen LogP contribution in [0, 0.1) is 0 Å². The van der Waals surface area contributed by atoms with Crippen molar-refractivity contribution in [2.75, 3.05) is 13.2 Å². The van der Waals surface area contributed by atoms with Crippen LogP contribution < -0.4 is 0 Å². The van der Waals surface area contributed by atoms with E-state index in [4.69, 9.17) is 0 Å². The van der Waals surface area contributed by atoms with Gasteiger partial charge in [0.1, 0.15) is 0 Å². The number of ether oxygens (including phenoxy) is 5. The second-order valence-electron chi connectivity index (χ2n) is 5.79. The van der Waals surface area contributed by atoms with Crippen molar-refractivity contribution in [3.8, 4) is 0 Å². The zero-order chi connectivity index (χ0) is 25.8. The quantitative estimate of drug-likeness (QED) is 0.164. The summed E-state index contributed by atoms with van der Waals surface area (Å²) in [6, 6.07) is 0. The molecule has 0 saturated heterocycles. The summed E-state index contributed by atoms with van der Waals surface area (Å²) in [5.74, 6) is -3.12. The highest BCUT2D eigenvalue weighted by Crippen LogP contribution is 2.44. The van der Waals surface area contributed by atoms with Crippen LogP contribution in [0.5, 0.6) is 0 Å². The Balaban J connectivity index is 5.24. The third-order valence-electron chi connectivity index (χ3n) is 2.57. The summed E-state index contributed by atoms with van der Waals surface area (Å²) in [5.41, 5.74) is -0.991. The molecule has 0 aliphatic heterocycles. The van der Waals surface area contributed by atoms with Crippen LogP contribution in [0.3, 0.4) is 0 Å². The van der Waals surface area contributed by atoms with Gasteiger partial charge < -0.3 is 9.47 Å². The van der Waals surface area contributed by atoms with Crippen LogP contribution in [0.1, 0.15) is 13.8 Å². The molecule has 0 saturated carbocycles. The summed E-state index contributed by atoms with van der Waals surface area (Å²) >= 11 is 0. The van der Waals surface area contributed by atoms with Crippen molar-refractivity contribution in [2.24, 2.45) is 0 Å². The highest BCUT2D eigenvalue weighted by molar-refractivity contribution is 5.87. The molecule has 0 aromatic carbocycles. The molecule has 0 radical (unpaired) electrons. The molecular formula is C15H14F10O7. The summed E-state index contributed by atoms with van der Waals surface area (Å²) in [6.45, 7) is 3.07. The van der Waals surface area contributed by atoms with Gasteiger partial charge in [0.05, 0.1) is 0 Å². The third kappa shape index (κ3) is 9.82. The van der Waals surface area contributed by atoms with Gasteiger partial charge in [-0.3, -0.25) is 0 Å². The van der Waals surface area contributed by atoms with Gasteiger partial charge >= 0.3 is 42.7 Å². The van der Waals surface area contributed by atoms with E-state index in [2.05, 4.69) is 36.8 Å². The lowest BCUT2D eigenvalue weighted by Crippen LogP contribution is -2.54. The lowest BCUT2D eigenvalue weighted by atomic mass is 10.4. The van der Waals surface area contributed by atoms with Gasteiger partial charge in [0.25, 0.3) is 0 Å². The Labute approximate surface area is 172 Å².